The van der Waals surface area contributed by atoms with Gasteiger partial charge in [-0.15, -0.1) is 0 Å². The fraction of sp³-hybridized carbons (Fsp3) is 0.577. The summed E-state index contributed by atoms with van der Waals surface area (Å²) < 4.78 is 11.6. The van der Waals surface area contributed by atoms with E-state index in [2.05, 4.69) is 57.4 Å². The molecule has 31 heavy (non-hydrogen) atoms. The number of methoxy groups -OCH3 is 1. The standard InChI is InChI=1S/C26H37N3O2/c1-30-26-19-28(18-16-27-26)21-29-17-8-7-12-24(29)15-14-23-11-5-6-13-25(23)31-20-22-9-3-2-4-10-22/h5-6,11,13-16,18,22,24H,2-4,7-10,12,17,19-21H2,1H3. The molecule has 1 atom stereocenters. The smallest absolute Gasteiger partial charge is 0.207 e. The molecule has 0 aromatic heterocycles. The SMILES string of the molecule is COC1=NC=CN(CN2CCCCC2C=Cc2ccccc2OCC2CCCCC2)C1. The Morgan fingerprint density at radius 1 is 1.06 bits per heavy atom. The van der Waals surface area contributed by atoms with Crippen molar-refractivity contribution in [3.05, 3.63) is 48.3 Å². The Labute approximate surface area is 187 Å². The van der Waals surface area contributed by atoms with E-state index >= 15 is 0 Å². The predicted molar refractivity (Wildman–Crippen MR) is 127 cm³/mol. The maximum absolute atomic E-state index is 6.28. The first kappa shape index (κ1) is 21.9. The lowest BCUT2D eigenvalue weighted by atomic mass is 9.90. The minimum absolute atomic E-state index is 0.443. The lowest BCUT2D eigenvalue weighted by Crippen LogP contribution is -2.45. The van der Waals surface area contributed by atoms with Gasteiger partial charge in [-0.25, -0.2) is 4.99 Å². The molecule has 1 saturated heterocycles. The molecule has 0 spiro atoms. The molecule has 2 aliphatic heterocycles. The third-order valence-electron chi connectivity index (χ3n) is 6.71. The van der Waals surface area contributed by atoms with Gasteiger partial charge < -0.3 is 14.4 Å². The second-order valence-electron chi connectivity index (χ2n) is 9.00. The van der Waals surface area contributed by atoms with E-state index in [1.807, 2.05) is 6.20 Å². The number of hydrogen-bond acceptors (Lipinski definition) is 5. The molecule has 1 aliphatic carbocycles. The van der Waals surface area contributed by atoms with Crippen LogP contribution in [0, 0.1) is 5.92 Å². The van der Waals surface area contributed by atoms with Crippen molar-refractivity contribution >= 4 is 12.0 Å². The average Bonchev–Trinajstić information content (AvgIpc) is 2.83. The van der Waals surface area contributed by atoms with E-state index < -0.39 is 0 Å². The summed E-state index contributed by atoms with van der Waals surface area (Å²) in [5.74, 6) is 2.51. The molecule has 1 unspecified atom stereocenters. The molecular weight excluding hydrogens is 386 g/mol. The Balaban J connectivity index is 1.37. The first-order chi connectivity index (χ1) is 15.3. The number of para-hydroxylation sites is 1. The van der Waals surface area contributed by atoms with Gasteiger partial charge >= 0.3 is 0 Å². The van der Waals surface area contributed by atoms with E-state index in [9.17, 15) is 0 Å². The molecule has 5 heteroatoms. The maximum Gasteiger partial charge on any atom is 0.207 e. The molecule has 0 N–H and O–H groups in total. The minimum Gasteiger partial charge on any atom is -0.493 e. The molecule has 1 saturated carbocycles. The highest BCUT2D eigenvalue weighted by Crippen LogP contribution is 2.27. The van der Waals surface area contributed by atoms with E-state index in [1.54, 1.807) is 7.11 Å². The molecule has 0 amide bonds. The predicted octanol–water partition coefficient (Wildman–Crippen LogP) is 5.30. The van der Waals surface area contributed by atoms with Gasteiger partial charge in [-0.1, -0.05) is 56.0 Å². The zero-order valence-electron chi connectivity index (χ0n) is 18.9. The van der Waals surface area contributed by atoms with Gasteiger partial charge in [0.05, 0.1) is 26.9 Å². The van der Waals surface area contributed by atoms with E-state index in [1.165, 1.54) is 56.9 Å². The lowest BCUT2D eigenvalue weighted by Gasteiger charge is -2.37. The van der Waals surface area contributed by atoms with Crippen LogP contribution in [0.4, 0.5) is 0 Å². The summed E-state index contributed by atoms with van der Waals surface area (Å²) in [6.45, 7) is 3.61. The molecule has 0 bridgehead atoms. The summed E-state index contributed by atoms with van der Waals surface area (Å²) in [5.41, 5.74) is 1.19. The summed E-state index contributed by atoms with van der Waals surface area (Å²) in [6.07, 6.45) is 19.0. The van der Waals surface area contributed by atoms with Crippen molar-refractivity contribution in [2.75, 3.05) is 33.5 Å². The Morgan fingerprint density at radius 3 is 2.77 bits per heavy atom. The second-order valence-corrected chi connectivity index (χ2v) is 9.00. The maximum atomic E-state index is 6.28. The molecule has 5 nitrogen and oxygen atoms in total. The van der Waals surface area contributed by atoms with Crippen molar-refractivity contribution in [3.8, 4) is 5.75 Å². The van der Waals surface area contributed by atoms with Crippen molar-refractivity contribution in [2.45, 2.75) is 57.4 Å². The van der Waals surface area contributed by atoms with E-state index in [4.69, 9.17) is 9.47 Å². The van der Waals surface area contributed by atoms with E-state index in [0.717, 1.165) is 43.9 Å². The third-order valence-corrected chi connectivity index (χ3v) is 6.71. The zero-order valence-corrected chi connectivity index (χ0v) is 18.9. The van der Waals surface area contributed by atoms with Crippen molar-refractivity contribution < 1.29 is 9.47 Å². The quantitative estimate of drug-likeness (QED) is 0.596. The van der Waals surface area contributed by atoms with Gasteiger partial charge in [0.15, 0.2) is 0 Å². The largest absolute Gasteiger partial charge is 0.493 e. The normalized spacial score (nSPS) is 23.2. The molecule has 1 aromatic rings. The van der Waals surface area contributed by atoms with Crippen molar-refractivity contribution in [2.24, 2.45) is 10.9 Å². The van der Waals surface area contributed by atoms with Crippen molar-refractivity contribution in [1.82, 2.24) is 9.80 Å². The highest BCUT2D eigenvalue weighted by atomic mass is 16.5. The molecule has 2 fully saturated rings. The number of rotatable bonds is 7. The summed E-state index contributed by atoms with van der Waals surface area (Å²) in [7, 11) is 1.69. The summed E-state index contributed by atoms with van der Waals surface area (Å²) in [5, 5.41) is 0. The molecule has 3 aliphatic rings. The van der Waals surface area contributed by atoms with Gasteiger partial charge in [0.25, 0.3) is 0 Å². The van der Waals surface area contributed by atoms with Crippen LogP contribution in [0.15, 0.2) is 47.7 Å². The Morgan fingerprint density at radius 2 is 1.90 bits per heavy atom. The van der Waals surface area contributed by atoms with Gasteiger partial charge in [-0.2, -0.15) is 0 Å². The summed E-state index contributed by atoms with van der Waals surface area (Å²) in [6, 6.07) is 8.92. The lowest BCUT2D eigenvalue weighted by molar-refractivity contribution is 0.117. The highest BCUT2D eigenvalue weighted by Gasteiger charge is 2.23. The van der Waals surface area contributed by atoms with Crippen LogP contribution < -0.4 is 4.74 Å². The fourth-order valence-electron chi connectivity index (χ4n) is 4.86. The van der Waals surface area contributed by atoms with Crippen LogP contribution in [0.5, 0.6) is 5.75 Å². The Hall–Kier alpha value is -2.27. The van der Waals surface area contributed by atoms with E-state index in [0.29, 0.717) is 6.04 Å². The summed E-state index contributed by atoms with van der Waals surface area (Å²) in [4.78, 5) is 9.11. The number of aliphatic imine (C=N–C) groups is 1. The second kappa shape index (κ2) is 11.4. The average molecular weight is 424 g/mol. The number of likely N-dealkylation sites (tertiary alicyclic amines) is 1. The van der Waals surface area contributed by atoms with Crippen LogP contribution in [0.1, 0.15) is 56.9 Å². The van der Waals surface area contributed by atoms with Crippen LogP contribution in [0.3, 0.4) is 0 Å². The molecule has 168 valence electrons. The van der Waals surface area contributed by atoms with Gasteiger partial charge in [0.2, 0.25) is 5.90 Å². The molecular formula is C26H37N3O2. The number of hydrogen-bond donors (Lipinski definition) is 0. The number of nitrogens with zero attached hydrogens (tertiary/aromatic N) is 3. The van der Waals surface area contributed by atoms with Crippen LogP contribution in [0.2, 0.25) is 0 Å². The van der Waals surface area contributed by atoms with Crippen LogP contribution in [-0.2, 0) is 4.74 Å². The Kier molecular flexibility index (Phi) is 8.05. The first-order valence-corrected chi connectivity index (χ1v) is 12.0. The minimum atomic E-state index is 0.443. The molecule has 1 aromatic carbocycles. The molecule has 0 radical (unpaired) electrons. The van der Waals surface area contributed by atoms with Crippen molar-refractivity contribution in [1.29, 1.82) is 0 Å². The van der Waals surface area contributed by atoms with Gasteiger partial charge in [-0.3, -0.25) is 4.90 Å². The number of ether oxygens (including phenoxy) is 2. The van der Waals surface area contributed by atoms with Gasteiger partial charge in [0.1, 0.15) is 5.75 Å². The first-order valence-electron chi connectivity index (χ1n) is 12.0. The van der Waals surface area contributed by atoms with Gasteiger partial charge in [-0.05, 0) is 37.7 Å². The molecule has 2 heterocycles. The monoisotopic (exact) mass is 423 g/mol. The fourth-order valence-corrected chi connectivity index (χ4v) is 4.86. The van der Waals surface area contributed by atoms with Crippen LogP contribution >= 0.6 is 0 Å². The number of piperidine rings is 1. The molecule has 4 rings (SSSR count). The van der Waals surface area contributed by atoms with Crippen molar-refractivity contribution in [3.63, 3.8) is 0 Å². The topological polar surface area (TPSA) is 37.3 Å². The van der Waals surface area contributed by atoms with Crippen LogP contribution in [0.25, 0.3) is 6.08 Å². The highest BCUT2D eigenvalue weighted by molar-refractivity contribution is 5.79. The van der Waals surface area contributed by atoms with Gasteiger partial charge in [0, 0.05) is 30.5 Å². The number of benzene rings is 1. The van der Waals surface area contributed by atoms with E-state index in [-0.39, 0.29) is 0 Å². The van der Waals surface area contributed by atoms with Crippen LogP contribution in [-0.4, -0.2) is 55.2 Å². The third kappa shape index (κ3) is 6.36. The Bertz CT molecular complexity index is 783. The summed E-state index contributed by atoms with van der Waals surface area (Å²) >= 11 is 0. The zero-order chi connectivity index (χ0) is 21.3.